The van der Waals surface area contributed by atoms with Crippen LogP contribution in [-0.4, -0.2) is 36.3 Å². The average Bonchev–Trinajstić information content (AvgIpc) is 2.80. The lowest BCUT2D eigenvalue weighted by Crippen LogP contribution is -2.26. The van der Waals surface area contributed by atoms with Crippen LogP contribution >= 0.6 is 23.1 Å². The zero-order valence-corrected chi connectivity index (χ0v) is 12.7. The van der Waals surface area contributed by atoms with Gasteiger partial charge in [0.05, 0.1) is 24.2 Å². The number of methoxy groups -OCH3 is 1. The quantitative estimate of drug-likeness (QED) is 0.585. The summed E-state index contributed by atoms with van der Waals surface area (Å²) >= 11 is 3.32. The number of aromatic nitrogens is 1. The Bertz CT molecular complexity index is 421. The number of thioether (sulfide) groups is 1. The van der Waals surface area contributed by atoms with Gasteiger partial charge < -0.3 is 10.1 Å². The van der Waals surface area contributed by atoms with Gasteiger partial charge in [-0.05, 0) is 6.92 Å². The van der Waals surface area contributed by atoms with E-state index in [1.165, 1.54) is 7.11 Å². The Morgan fingerprint density at radius 3 is 2.89 bits per heavy atom. The van der Waals surface area contributed by atoms with Crippen LogP contribution in [0.5, 0.6) is 0 Å². The zero-order valence-electron chi connectivity index (χ0n) is 11.1. The van der Waals surface area contributed by atoms with E-state index in [0.717, 1.165) is 22.2 Å². The number of hydrogen-bond donors (Lipinski definition) is 1. The van der Waals surface area contributed by atoms with Crippen LogP contribution in [0.15, 0.2) is 5.38 Å². The van der Waals surface area contributed by atoms with Crippen LogP contribution in [0, 0.1) is 6.92 Å². The molecule has 19 heavy (non-hydrogen) atoms. The number of amides is 1. The Labute approximate surface area is 121 Å². The van der Waals surface area contributed by atoms with Crippen LogP contribution in [0.25, 0.3) is 0 Å². The fraction of sp³-hybridized carbons (Fsp3) is 0.583. The monoisotopic (exact) mass is 302 g/mol. The molecule has 1 amide bonds. The molecule has 0 spiro atoms. The van der Waals surface area contributed by atoms with E-state index in [-0.39, 0.29) is 18.3 Å². The fourth-order valence-electron chi connectivity index (χ4n) is 1.31. The Hall–Kier alpha value is -1.08. The first-order valence-corrected chi connectivity index (χ1v) is 7.97. The Morgan fingerprint density at radius 2 is 2.26 bits per heavy atom. The van der Waals surface area contributed by atoms with E-state index in [1.807, 2.05) is 12.3 Å². The Morgan fingerprint density at radius 1 is 1.47 bits per heavy atom. The van der Waals surface area contributed by atoms with E-state index in [2.05, 4.69) is 15.0 Å². The summed E-state index contributed by atoms with van der Waals surface area (Å²) in [7, 11) is 1.33. The molecule has 7 heteroatoms. The predicted molar refractivity (Wildman–Crippen MR) is 77.3 cm³/mol. The van der Waals surface area contributed by atoms with Gasteiger partial charge in [-0.25, -0.2) is 4.98 Å². The first-order valence-electron chi connectivity index (χ1n) is 5.94. The highest BCUT2D eigenvalue weighted by Gasteiger charge is 2.04. The summed E-state index contributed by atoms with van der Waals surface area (Å²) in [5, 5.41) is 5.79. The third-order valence-electron chi connectivity index (χ3n) is 2.27. The molecule has 0 aliphatic carbocycles. The van der Waals surface area contributed by atoms with E-state index in [9.17, 15) is 9.59 Å². The number of carbonyl (C=O) groups excluding carboxylic acids is 2. The first kappa shape index (κ1) is 16.0. The second kappa shape index (κ2) is 8.92. The highest BCUT2D eigenvalue weighted by Crippen LogP contribution is 2.15. The van der Waals surface area contributed by atoms with Crippen molar-refractivity contribution < 1.29 is 14.3 Å². The van der Waals surface area contributed by atoms with Gasteiger partial charge in [0, 0.05) is 29.9 Å². The molecule has 1 rings (SSSR count). The lowest BCUT2D eigenvalue weighted by molar-refractivity contribution is -0.140. The number of thiazole rings is 1. The van der Waals surface area contributed by atoms with Crippen molar-refractivity contribution >= 4 is 35.0 Å². The molecular formula is C12H18N2O3S2. The molecule has 0 bridgehead atoms. The number of hydrogen-bond acceptors (Lipinski definition) is 6. The van der Waals surface area contributed by atoms with Gasteiger partial charge in [0.25, 0.3) is 0 Å². The maximum absolute atomic E-state index is 11.4. The molecule has 0 unspecified atom stereocenters. The third kappa shape index (κ3) is 7.17. The summed E-state index contributed by atoms with van der Waals surface area (Å²) in [6, 6.07) is 0. The molecule has 5 nitrogen and oxygen atoms in total. The molecule has 0 saturated heterocycles. The molecule has 0 aromatic carbocycles. The third-order valence-corrected chi connectivity index (χ3v) is 4.08. The van der Waals surface area contributed by atoms with Gasteiger partial charge in [0.2, 0.25) is 5.91 Å². The predicted octanol–water partition coefficient (Wildman–Crippen LogP) is 1.75. The molecule has 0 fully saturated rings. The molecule has 1 aromatic heterocycles. The smallest absolute Gasteiger partial charge is 0.307 e. The van der Waals surface area contributed by atoms with Gasteiger partial charge in [0.15, 0.2) is 0 Å². The van der Waals surface area contributed by atoms with Crippen LogP contribution in [0.1, 0.15) is 23.5 Å². The first-order chi connectivity index (χ1) is 9.11. The van der Waals surface area contributed by atoms with Crippen molar-refractivity contribution in [2.75, 3.05) is 19.4 Å². The van der Waals surface area contributed by atoms with Crippen molar-refractivity contribution in [1.29, 1.82) is 0 Å². The van der Waals surface area contributed by atoms with Gasteiger partial charge in [-0.2, -0.15) is 11.8 Å². The van der Waals surface area contributed by atoms with E-state index in [0.29, 0.717) is 13.0 Å². The number of ether oxygens (including phenoxy) is 1. The van der Waals surface area contributed by atoms with E-state index in [4.69, 9.17) is 0 Å². The van der Waals surface area contributed by atoms with Crippen molar-refractivity contribution in [2.24, 2.45) is 0 Å². The number of carbonyl (C=O) groups is 2. The summed E-state index contributed by atoms with van der Waals surface area (Å²) in [4.78, 5) is 26.6. The highest BCUT2D eigenvalue weighted by atomic mass is 32.2. The van der Waals surface area contributed by atoms with Gasteiger partial charge in [0.1, 0.15) is 0 Å². The number of nitrogens with one attached hydrogen (secondary N) is 1. The SMILES string of the molecule is COC(=O)CCNC(=O)CCSCc1csc(C)n1. The number of esters is 1. The second-order valence-corrected chi connectivity index (χ2v) is 6.00. The molecule has 0 saturated carbocycles. The van der Waals surface area contributed by atoms with Crippen molar-refractivity contribution in [2.45, 2.75) is 25.5 Å². The minimum Gasteiger partial charge on any atom is -0.469 e. The van der Waals surface area contributed by atoms with E-state index < -0.39 is 0 Å². The summed E-state index contributed by atoms with van der Waals surface area (Å²) in [6.07, 6.45) is 0.669. The number of rotatable bonds is 8. The molecule has 0 radical (unpaired) electrons. The second-order valence-electron chi connectivity index (χ2n) is 3.84. The molecule has 1 heterocycles. The molecule has 106 valence electrons. The van der Waals surface area contributed by atoms with Crippen molar-refractivity contribution in [3.05, 3.63) is 16.1 Å². The van der Waals surface area contributed by atoms with Crippen LogP contribution in [0.4, 0.5) is 0 Å². The topological polar surface area (TPSA) is 68.3 Å². The van der Waals surface area contributed by atoms with Crippen LogP contribution in [-0.2, 0) is 20.1 Å². The van der Waals surface area contributed by atoms with E-state index >= 15 is 0 Å². The molecule has 0 aliphatic rings. The summed E-state index contributed by atoms with van der Waals surface area (Å²) < 4.78 is 4.48. The van der Waals surface area contributed by atoms with Crippen LogP contribution < -0.4 is 5.32 Å². The van der Waals surface area contributed by atoms with Crippen molar-refractivity contribution in [3.63, 3.8) is 0 Å². The van der Waals surface area contributed by atoms with Crippen LogP contribution in [0.3, 0.4) is 0 Å². The Balaban J connectivity index is 2.02. The molecule has 1 aromatic rings. The molecule has 0 aliphatic heterocycles. The van der Waals surface area contributed by atoms with Gasteiger partial charge in [-0.3, -0.25) is 9.59 Å². The maximum atomic E-state index is 11.4. The summed E-state index contributed by atoms with van der Waals surface area (Å²) in [5.74, 6) is 1.24. The van der Waals surface area contributed by atoms with Crippen molar-refractivity contribution in [3.8, 4) is 0 Å². The minimum atomic E-state index is -0.312. The average molecular weight is 302 g/mol. The zero-order chi connectivity index (χ0) is 14.1. The largest absolute Gasteiger partial charge is 0.469 e. The number of nitrogens with zero attached hydrogens (tertiary/aromatic N) is 1. The van der Waals surface area contributed by atoms with Gasteiger partial charge in [-0.1, -0.05) is 0 Å². The summed E-state index contributed by atoms with van der Waals surface area (Å²) in [5.41, 5.74) is 1.07. The lowest BCUT2D eigenvalue weighted by Gasteiger charge is -2.04. The normalized spacial score (nSPS) is 10.2. The molecular weight excluding hydrogens is 284 g/mol. The maximum Gasteiger partial charge on any atom is 0.307 e. The standard InChI is InChI=1S/C12H18N2O3S2/c1-9-14-10(8-19-9)7-18-6-4-11(15)13-5-3-12(16)17-2/h8H,3-7H2,1-2H3,(H,13,15). The van der Waals surface area contributed by atoms with E-state index in [1.54, 1.807) is 23.1 Å². The fourth-order valence-corrected chi connectivity index (χ4v) is 2.86. The summed E-state index contributed by atoms with van der Waals surface area (Å²) in [6.45, 7) is 2.31. The Kier molecular flexibility index (Phi) is 7.50. The number of aryl methyl sites for hydroxylation is 1. The minimum absolute atomic E-state index is 0.0362. The van der Waals surface area contributed by atoms with Gasteiger partial charge >= 0.3 is 5.97 Å². The van der Waals surface area contributed by atoms with Gasteiger partial charge in [-0.15, -0.1) is 11.3 Å². The highest BCUT2D eigenvalue weighted by molar-refractivity contribution is 7.98. The molecule has 0 atom stereocenters. The van der Waals surface area contributed by atoms with Crippen LogP contribution in [0.2, 0.25) is 0 Å². The lowest BCUT2D eigenvalue weighted by atomic mass is 10.4. The van der Waals surface area contributed by atoms with Crippen molar-refractivity contribution in [1.82, 2.24) is 10.3 Å². The molecule has 1 N–H and O–H groups in total.